The highest BCUT2D eigenvalue weighted by molar-refractivity contribution is 14.1. The van der Waals surface area contributed by atoms with Crippen LogP contribution in [0, 0.1) is 11.5 Å². The van der Waals surface area contributed by atoms with E-state index in [1.54, 1.807) is 0 Å². The number of halogens is 1. The molecule has 0 unspecified atom stereocenters. The molecule has 0 bridgehead atoms. The molecule has 0 aliphatic heterocycles. The molecule has 0 saturated carbocycles. The third-order valence-electron chi connectivity index (χ3n) is 3.39. The number of hydrogen-bond acceptors (Lipinski definition) is 0. The average Bonchev–Trinajstić information content (AvgIpc) is 2.10. The van der Waals surface area contributed by atoms with Gasteiger partial charge in [-0.2, -0.15) is 0 Å². The van der Waals surface area contributed by atoms with Gasteiger partial charge < -0.3 is 0 Å². The topological polar surface area (TPSA) is 0 Å². The highest BCUT2D eigenvalue weighted by Gasteiger charge is 2.41. The van der Waals surface area contributed by atoms with Gasteiger partial charge in [0.1, 0.15) is 8.07 Å². The summed E-state index contributed by atoms with van der Waals surface area (Å²) in [5.74, 6) is 3.42. The molecular weight excluding hydrogens is 311 g/mol. The molecule has 0 nitrogen and oxygen atoms in total. The van der Waals surface area contributed by atoms with Crippen LogP contribution in [0.25, 0.3) is 0 Å². The van der Waals surface area contributed by atoms with Crippen molar-refractivity contribution in [3.63, 3.8) is 0 Å². The number of alkyl halides is 1. The molecule has 0 aliphatic rings. The van der Waals surface area contributed by atoms with E-state index in [1.165, 1.54) is 0 Å². The fourth-order valence-corrected chi connectivity index (χ4v) is 8.26. The second kappa shape index (κ2) is 6.96. The molecule has 0 fully saturated rings. The molecule has 0 radical (unpaired) electrons. The van der Waals surface area contributed by atoms with Crippen LogP contribution in [0.1, 0.15) is 48.0 Å². The number of hydrogen-bond donors (Lipinski definition) is 0. The first kappa shape index (κ1) is 15.5. The monoisotopic (exact) mass is 336 g/mol. The summed E-state index contributed by atoms with van der Waals surface area (Å²) in [6.07, 6.45) is 1.06. The molecule has 0 aromatic rings. The third kappa shape index (κ3) is 3.78. The summed E-state index contributed by atoms with van der Waals surface area (Å²) in [5.41, 5.74) is 6.01. The van der Waals surface area contributed by atoms with E-state index < -0.39 is 8.07 Å². The summed E-state index contributed by atoms with van der Waals surface area (Å²) in [7, 11) is -1.43. The van der Waals surface area contributed by atoms with E-state index in [-0.39, 0.29) is 0 Å². The van der Waals surface area contributed by atoms with Gasteiger partial charge in [-0.05, 0) is 16.6 Å². The first-order chi connectivity index (χ1) is 6.89. The van der Waals surface area contributed by atoms with Gasteiger partial charge in [0.2, 0.25) is 0 Å². The van der Waals surface area contributed by atoms with E-state index in [2.05, 4.69) is 75.6 Å². The van der Waals surface area contributed by atoms with Gasteiger partial charge in [0.25, 0.3) is 0 Å². The second-order valence-electron chi connectivity index (χ2n) is 5.14. The smallest absolute Gasteiger partial charge is 0.130 e. The first-order valence-electron chi connectivity index (χ1n) is 5.95. The Morgan fingerprint density at radius 1 is 0.933 bits per heavy atom. The molecular formula is C13H25ISi. The minimum atomic E-state index is -1.43. The quantitative estimate of drug-likeness (QED) is 0.292. The summed E-state index contributed by atoms with van der Waals surface area (Å²) in [4.78, 5) is 0. The van der Waals surface area contributed by atoms with E-state index in [9.17, 15) is 0 Å². The van der Waals surface area contributed by atoms with Gasteiger partial charge in [-0.25, -0.2) is 0 Å². The Balaban J connectivity index is 5.08. The molecule has 0 atom stereocenters. The van der Waals surface area contributed by atoms with Crippen molar-refractivity contribution in [2.24, 2.45) is 0 Å². The van der Waals surface area contributed by atoms with Gasteiger partial charge in [-0.15, -0.1) is 11.5 Å². The SMILES string of the molecule is CC(C)[Si](C#CCCI)(C(C)C)C(C)C. The molecule has 2 heteroatoms. The Morgan fingerprint density at radius 3 is 1.60 bits per heavy atom. The fourth-order valence-electron chi connectivity index (χ4n) is 2.70. The van der Waals surface area contributed by atoms with Crippen LogP contribution in [-0.2, 0) is 0 Å². The molecule has 15 heavy (non-hydrogen) atoms. The van der Waals surface area contributed by atoms with Crippen molar-refractivity contribution in [3.05, 3.63) is 0 Å². The number of rotatable bonds is 4. The molecule has 0 aromatic carbocycles. The molecule has 0 heterocycles. The van der Waals surface area contributed by atoms with Crippen molar-refractivity contribution >= 4 is 30.7 Å². The normalized spacial score (nSPS) is 12.1. The Bertz CT molecular complexity index is 211. The van der Waals surface area contributed by atoms with Crippen LogP contribution in [0.15, 0.2) is 0 Å². The maximum atomic E-state index is 3.72. The Morgan fingerprint density at radius 2 is 1.33 bits per heavy atom. The lowest BCUT2D eigenvalue weighted by molar-refractivity contribution is 0.838. The van der Waals surface area contributed by atoms with Gasteiger partial charge in [0.05, 0.1) is 0 Å². The summed E-state index contributed by atoms with van der Waals surface area (Å²) in [6, 6.07) is 0. The van der Waals surface area contributed by atoms with Crippen LogP contribution in [0.2, 0.25) is 16.6 Å². The average molecular weight is 336 g/mol. The molecule has 0 rings (SSSR count). The van der Waals surface area contributed by atoms with Crippen molar-refractivity contribution in [2.45, 2.75) is 64.6 Å². The van der Waals surface area contributed by atoms with Crippen LogP contribution in [0.3, 0.4) is 0 Å². The van der Waals surface area contributed by atoms with E-state index in [4.69, 9.17) is 0 Å². The van der Waals surface area contributed by atoms with E-state index >= 15 is 0 Å². The lowest BCUT2D eigenvalue weighted by Gasteiger charge is -2.38. The summed E-state index contributed by atoms with van der Waals surface area (Å²) < 4.78 is 1.16. The van der Waals surface area contributed by atoms with Crippen molar-refractivity contribution in [1.29, 1.82) is 0 Å². The zero-order valence-electron chi connectivity index (χ0n) is 11.0. The van der Waals surface area contributed by atoms with Crippen molar-refractivity contribution in [3.8, 4) is 11.5 Å². The first-order valence-corrected chi connectivity index (χ1v) is 9.71. The van der Waals surface area contributed by atoms with Gasteiger partial charge in [-0.3, -0.25) is 0 Å². The second-order valence-corrected chi connectivity index (χ2v) is 11.8. The lowest BCUT2D eigenvalue weighted by Crippen LogP contribution is -2.43. The summed E-state index contributed by atoms with van der Waals surface area (Å²) in [5, 5.41) is 0. The standard InChI is InChI=1S/C13H25ISi/c1-11(2)15(12(3)4,13(5)6)10-8-7-9-14/h11-13H,7,9H2,1-6H3. The van der Waals surface area contributed by atoms with Crippen LogP contribution < -0.4 is 0 Å². The predicted octanol–water partition coefficient (Wildman–Crippen LogP) is 5.03. The zero-order chi connectivity index (χ0) is 12.1. The molecule has 0 spiro atoms. The molecule has 0 N–H and O–H groups in total. The Kier molecular flexibility index (Phi) is 7.19. The van der Waals surface area contributed by atoms with Gasteiger partial charge >= 0.3 is 0 Å². The van der Waals surface area contributed by atoms with Gasteiger partial charge in [0, 0.05) is 10.8 Å². The van der Waals surface area contributed by atoms with Crippen molar-refractivity contribution in [2.75, 3.05) is 4.43 Å². The van der Waals surface area contributed by atoms with Crippen molar-refractivity contribution < 1.29 is 0 Å². The predicted molar refractivity (Wildman–Crippen MR) is 82.3 cm³/mol. The maximum absolute atomic E-state index is 3.72. The molecule has 0 amide bonds. The van der Waals surface area contributed by atoms with Crippen LogP contribution >= 0.6 is 22.6 Å². The zero-order valence-corrected chi connectivity index (χ0v) is 14.2. The third-order valence-corrected chi connectivity index (χ3v) is 10.3. The fraction of sp³-hybridized carbons (Fsp3) is 0.846. The highest BCUT2D eigenvalue weighted by atomic mass is 127. The lowest BCUT2D eigenvalue weighted by atomic mass is 10.5. The summed E-state index contributed by atoms with van der Waals surface area (Å²) >= 11 is 2.40. The minimum Gasteiger partial charge on any atom is -0.130 e. The Labute approximate surface area is 111 Å². The van der Waals surface area contributed by atoms with Gasteiger partial charge in [-0.1, -0.05) is 64.1 Å². The minimum absolute atomic E-state index is 0.763. The Hall–Kier alpha value is 0.507. The maximum Gasteiger partial charge on any atom is 0.145 e. The largest absolute Gasteiger partial charge is 0.145 e. The molecule has 88 valence electrons. The van der Waals surface area contributed by atoms with Crippen LogP contribution in [0.4, 0.5) is 0 Å². The highest BCUT2D eigenvalue weighted by Crippen LogP contribution is 2.40. The molecule has 0 aliphatic carbocycles. The van der Waals surface area contributed by atoms with Crippen molar-refractivity contribution in [1.82, 2.24) is 0 Å². The summed E-state index contributed by atoms with van der Waals surface area (Å²) in [6.45, 7) is 14.2. The van der Waals surface area contributed by atoms with E-state index in [1.807, 2.05) is 0 Å². The van der Waals surface area contributed by atoms with Crippen LogP contribution in [0.5, 0.6) is 0 Å². The van der Waals surface area contributed by atoms with E-state index in [0.717, 1.165) is 27.5 Å². The molecule has 0 saturated heterocycles. The van der Waals surface area contributed by atoms with Crippen LogP contribution in [-0.4, -0.2) is 12.5 Å². The van der Waals surface area contributed by atoms with E-state index in [0.29, 0.717) is 0 Å². The molecule has 0 aromatic heterocycles. The van der Waals surface area contributed by atoms with Gasteiger partial charge in [0.15, 0.2) is 0 Å².